The molecule has 1 aliphatic rings. The van der Waals surface area contributed by atoms with Gasteiger partial charge in [-0.1, -0.05) is 54.6 Å². The van der Waals surface area contributed by atoms with Crippen LogP contribution < -0.4 is 14.4 Å². The summed E-state index contributed by atoms with van der Waals surface area (Å²) in [7, 11) is 2.87. The molecule has 0 N–H and O–H groups in total. The molecular weight excluding hydrogens is 512 g/mol. The maximum absolute atomic E-state index is 13.5. The average Bonchev–Trinajstić information content (AvgIpc) is 3.20. The largest absolute Gasteiger partial charge is 0.497 e. The molecule has 0 saturated carbocycles. The number of amides is 1. The topological polar surface area (TPSA) is 68.3 Å². The number of carbonyl (C=O) groups is 2. The van der Waals surface area contributed by atoms with Gasteiger partial charge in [0.1, 0.15) is 30.3 Å². The number of rotatable bonds is 8. The predicted octanol–water partition coefficient (Wildman–Crippen LogP) is 5.58. The predicted molar refractivity (Wildman–Crippen MR) is 154 cm³/mol. The van der Waals surface area contributed by atoms with Crippen molar-refractivity contribution in [1.29, 1.82) is 0 Å². The van der Waals surface area contributed by atoms with E-state index < -0.39 is 5.97 Å². The van der Waals surface area contributed by atoms with E-state index in [0.717, 1.165) is 16.5 Å². The molecule has 196 valence electrons. The lowest BCUT2D eigenvalue weighted by Gasteiger charge is -2.19. The number of hydrogen-bond acceptors (Lipinski definition) is 6. The van der Waals surface area contributed by atoms with Gasteiger partial charge in [-0.3, -0.25) is 14.5 Å². The van der Waals surface area contributed by atoms with Crippen LogP contribution in [-0.2, 0) is 20.9 Å². The Hall–Kier alpha value is -4.69. The molecule has 0 unspecified atom stereocenters. The molecule has 39 heavy (non-hydrogen) atoms. The van der Waals surface area contributed by atoms with E-state index in [1.807, 2.05) is 42.5 Å². The Balaban J connectivity index is 1.37. The van der Waals surface area contributed by atoms with Crippen LogP contribution in [0.15, 0.2) is 96.7 Å². The van der Waals surface area contributed by atoms with Gasteiger partial charge in [-0.25, -0.2) is 0 Å². The molecule has 1 heterocycles. The van der Waals surface area contributed by atoms with Crippen LogP contribution in [0.25, 0.3) is 16.8 Å². The molecule has 0 aromatic heterocycles. The fourth-order valence-corrected chi connectivity index (χ4v) is 4.73. The quantitative estimate of drug-likeness (QED) is 0.165. The van der Waals surface area contributed by atoms with Gasteiger partial charge in [-0.15, -0.1) is 0 Å². The minimum absolute atomic E-state index is 0.189. The number of nitrogens with zero attached hydrogens (tertiary/aromatic N) is 2. The van der Waals surface area contributed by atoms with Crippen molar-refractivity contribution in [2.75, 3.05) is 25.7 Å². The van der Waals surface area contributed by atoms with Crippen LogP contribution in [0.2, 0.25) is 0 Å². The van der Waals surface area contributed by atoms with E-state index in [1.54, 1.807) is 37.5 Å². The van der Waals surface area contributed by atoms with Crippen molar-refractivity contribution < 1.29 is 23.8 Å². The van der Waals surface area contributed by atoms with Crippen molar-refractivity contribution in [2.24, 2.45) is 0 Å². The highest BCUT2D eigenvalue weighted by Crippen LogP contribution is 2.31. The second-order valence-corrected chi connectivity index (χ2v) is 9.17. The van der Waals surface area contributed by atoms with E-state index >= 15 is 0 Å². The van der Waals surface area contributed by atoms with Crippen LogP contribution in [0.1, 0.15) is 11.1 Å². The molecule has 1 amide bonds. The summed E-state index contributed by atoms with van der Waals surface area (Å²) >= 11 is 5.61. The molecule has 0 atom stereocenters. The SMILES string of the molecule is COC(=O)CN1C(=S)N(c2ccc(OC)cc2)C(=O)/C1=C/c1ccc(OCc2cccc3ccccc23)cc1. The van der Waals surface area contributed by atoms with Crippen molar-refractivity contribution in [1.82, 2.24) is 4.90 Å². The van der Waals surface area contributed by atoms with Crippen molar-refractivity contribution >= 4 is 51.7 Å². The number of hydrogen-bond donors (Lipinski definition) is 0. The van der Waals surface area contributed by atoms with E-state index in [9.17, 15) is 9.59 Å². The first-order chi connectivity index (χ1) is 19.0. The number of fused-ring (bicyclic) bond motifs is 1. The Bertz CT molecular complexity index is 1560. The smallest absolute Gasteiger partial charge is 0.325 e. The average molecular weight is 539 g/mol. The normalized spacial score (nSPS) is 14.3. The first-order valence-corrected chi connectivity index (χ1v) is 12.7. The monoisotopic (exact) mass is 538 g/mol. The summed E-state index contributed by atoms with van der Waals surface area (Å²) in [6, 6.07) is 28.7. The number of anilines is 1. The summed E-state index contributed by atoms with van der Waals surface area (Å²) in [5, 5.41) is 2.51. The summed E-state index contributed by atoms with van der Waals surface area (Å²) in [4.78, 5) is 28.5. The molecule has 1 aliphatic heterocycles. The lowest BCUT2D eigenvalue weighted by molar-refractivity contribution is -0.140. The summed E-state index contributed by atoms with van der Waals surface area (Å²) in [6.45, 7) is 0.240. The zero-order chi connectivity index (χ0) is 27.4. The first kappa shape index (κ1) is 25.9. The Morgan fingerprint density at radius 1 is 0.872 bits per heavy atom. The lowest BCUT2D eigenvalue weighted by Crippen LogP contribution is -2.35. The van der Waals surface area contributed by atoms with E-state index in [0.29, 0.717) is 23.8 Å². The van der Waals surface area contributed by atoms with Gasteiger partial charge in [-0.2, -0.15) is 0 Å². The highest BCUT2D eigenvalue weighted by atomic mass is 32.1. The summed E-state index contributed by atoms with van der Waals surface area (Å²) < 4.78 is 16.1. The molecule has 4 aromatic carbocycles. The zero-order valence-electron chi connectivity index (χ0n) is 21.5. The van der Waals surface area contributed by atoms with Crippen LogP contribution in [-0.4, -0.2) is 42.7 Å². The minimum Gasteiger partial charge on any atom is -0.497 e. The number of methoxy groups -OCH3 is 2. The fourth-order valence-electron chi connectivity index (χ4n) is 4.38. The number of benzene rings is 4. The second-order valence-electron chi connectivity index (χ2n) is 8.81. The van der Waals surface area contributed by atoms with Gasteiger partial charge in [0.2, 0.25) is 0 Å². The van der Waals surface area contributed by atoms with Crippen molar-refractivity contribution in [2.45, 2.75) is 6.61 Å². The van der Waals surface area contributed by atoms with Crippen LogP contribution >= 0.6 is 12.2 Å². The Kier molecular flexibility index (Phi) is 7.56. The van der Waals surface area contributed by atoms with Gasteiger partial charge in [-0.05, 0) is 76.6 Å². The number of esters is 1. The van der Waals surface area contributed by atoms with Crippen molar-refractivity contribution in [3.05, 3.63) is 108 Å². The molecular formula is C31H26N2O5S. The third-order valence-corrected chi connectivity index (χ3v) is 6.84. The van der Waals surface area contributed by atoms with Gasteiger partial charge in [0.25, 0.3) is 5.91 Å². The third kappa shape index (κ3) is 5.46. The third-order valence-electron chi connectivity index (χ3n) is 6.44. The maximum atomic E-state index is 13.5. The van der Waals surface area contributed by atoms with Gasteiger partial charge in [0.05, 0.1) is 19.9 Å². The molecule has 0 spiro atoms. The highest BCUT2D eigenvalue weighted by molar-refractivity contribution is 7.80. The van der Waals surface area contributed by atoms with Gasteiger partial charge < -0.3 is 19.1 Å². The number of thiocarbonyl (C=S) groups is 1. The van der Waals surface area contributed by atoms with Gasteiger partial charge >= 0.3 is 5.97 Å². The standard InChI is InChI=1S/C31H26N2O5S/c1-36-25-16-12-24(13-17-25)33-30(35)28(32(31(33)39)19-29(34)37-2)18-21-10-14-26(15-11-21)38-20-23-8-5-7-22-6-3-4-9-27(22)23/h3-18H,19-20H2,1-2H3/b28-18-. The van der Waals surface area contributed by atoms with Crippen LogP contribution in [0, 0.1) is 0 Å². The highest BCUT2D eigenvalue weighted by Gasteiger charge is 2.40. The molecule has 8 heteroatoms. The molecule has 4 aromatic rings. The van der Waals surface area contributed by atoms with Gasteiger partial charge in [0, 0.05) is 0 Å². The van der Waals surface area contributed by atoms with Crippen molar-refractivity contribution in [3.8, 4) is 11.5 Å². The van der Waals surface area contributed by atoms with Crippen LogP contribution in [0.5, 0.6) is 11.5 Å². The zero-order valence-corrected chi connectivity index (χ0v) is 22.3. The molecule has 1 fully saturated rings. The second kappa shape index (κ2) is 11.4. The lowest BCUT2D eigenvalue weighted by atomic mass is 10.1. The van der Waals surface area contributed by atoms with E-state index in [4.69, 9.17) is 26.4 Å². The first-order valence-electron chi connectivity index (χ1n) is 12.3. The summed E-state index contributed by atoms with van der Waals surface area (Å²) in [5.74, 6) is 0.501. The molecule has 5 rings (SSSR count). The molecule has 7 nitrogen and oxygen atoms in total. The number of ether oxygens (including phenoxy) is 3. The van der Waals surface area contributed by atoms with E-state index in [2.05, 4.69) is 24.3 Å². The van der Waals surface area contributed by atoms with Crippen LogP contribution in [0.3, 0.4) is 0 Å². The maximum Gasteiger partial charge on any atom is 0.325 e. The fraction of sp³-hybridized carbons (Fsp3) is 0.129. The van der Waals surface area contributed by atoms with Gasteiger partial charge in [0.15, 0.2) is 5.11 Å². The van der Waals surface area contributed by atoms with E-state index in [-0.39, 0.29) is 23.3 Å². The Labute approximate surface area is 231 Å². The van der Waals surface area contributed by atoms with E-state index in [1.165, 1.54) is 22.3 Å². The van der Waals surface area contributed by atoms with Crippen LogP contribution in [0.4, 0.5) is 5.69 Å². The summed E-state index contributed by atoms with van der Waals surface area (Å²) in [5.41, 5.74) is 2.69. The summed E-state index contributed by atoms with van der Waals surface area (Å²) in [6.07, 6.45) is 1.70. The Morgan fingerprint density at radius 3 is 2.28 bits per heavy atom. The molecule has 1 saturated heterocycles. The molecule has 0 bridgehead atoms. The molecule has 0 radical (unpaired) electrons. The Morgan fingerprint density at radius 2 is 1.56 bits per heavy atom. The minimum atomic E-state index is -0.509. The van der Waals surface area contributed by atoms with Crippen molar-refractivity contribution in [3.63, 3.8) is 0 Å². The number of carbonyl (C=O) groups excluding carboxylic acids is 2. The molecule has 0 aliphatic carbocycles.